The van der Waals surface area contributed by atoms with Crippen molar-refractivity contribution in [1.29, 1.82) is 0 Å². The van der Waals surface area contributed by atoms with Crippen molar-refractivity contribution in [2.75, 3.05) is 39.3 Å². The van der Waals surface area contributed by atoms with Crippen LogP contribution in [0.4, 0.5) is 0 Å². The van der Waals surface area contributed by atoms with E-state index in [4.69, 9.17) is 0 Å². The van der Waals surface area contributed by atoms with Crippen LogP contribution in [0, 0.1) is 0 Å². The minimum atomic E-state index is -0.126. The molecule has 0 saturated carbocycles. The first-order chi connectivity index (χ1) is 14.6. The molecule has 1 heterocycles. The molecule has 1 aliphatic carbocycles. The third-order valence-corrected chi connectivity index (χ3v) is 6.16. The highest BCUT2D eigenvalue weighted by molar-refractivity contribution is 5.81. The summed E-state index contributed by atoms with van der Waals surface area (Å²) >= 11 is 0. The first kappa shape index (κ1) is 22.5. The maximum Gasteiger partial charge on any atom is 0.237 e. The summed E-state index contributed by atoms with van der Waals surface area (Å²) in [6, 6.07) is 9.83. The van der Waals surface area contributed by atoms with E-state index in [1.165, 1.54) is 31.3 Å². The molecule has 6 heteroatoms. The molecule has 3 rings (SSSR count). The van der Waals surface area contributed by atoms with Crippen molar-refractivity contribution in [2.45, 2.75) is 51.6 Å². The molecule has 2 N–H and O–H groups in total. The molecule has 6 nitrogen and oxygen atoms in total. The van der Waals surface area contributed by atoms with Crippen LogP contribution in [0.2, 0.25) is 0 Å². The molecule has 0 bridgehead atoms. The van der Waals surface area contributed by atoms with Gasteiger partial charge in [0.1, 0.15) is 0 Å². The number of piperazine rings is 1. The number of benzene rings is 1. The van der Waals surface area contributed by atoms with Crippen LogP contribution < -0.4 is 10.6 Å². The van der Waals surface area contributed by atoms with E-state index in [2.05, 4.69) is 26.5 Å². The number of nitrogens with zero attached hydrogens (tertiary/aromatic N) is 2. The number of carbonyl (C=O) groups excluding carboxylic acids is 2. The Bertz CT molecular complexity index is 711. The third kappa shape index (κ3) is 7.26. The molecule has 1 aromatic carbocycles. The largest absolute Gasteiger partial charge is 0.354 e. The summed E-state index contributed by atoms with van der Waals surface area (Å²) in [4.78, 5) is 29.1. The molecule has 1 aliphatic heterocycles. The Morgan fingerprint density at radius 2 is 1.80 bits per heavy atom. The molecule has 0 radical (unpaired) electrons. The summed E-state index contributed by atoms with van der Waals surface area (Å²) in [6.07, 6.45) is 8.28. The first-order valence-corrected chi connectivity index (χ1v) is 11.3. The Hall–Kier alpha value is -2.18. The predicted octanol–water partition coefficient (Wildman–Crippen LogP) is 2.32. The molecule has 2 amide bonds. The normalized spacial score (nSPS) is 19.0. The lowest BCUT2D eigenvalue weighted by Crippen LogP contribution is -2.55. The second-order valence-electron chi connectivity index (χ2n) is 8.40. The van der Waals surface area contributed by atoms with Crippen LogP contribution in [-0.2, 0) is 16.1 Å². The number of nitrogens with one attached hydrogen (secondary N) is 2. The molecule has 164 valence electrons. The smallest absolute Gasteiger partial charge is 0.237 e. The third-order valence-electron chi connectivity index (χ3n) is 6.16. The van der Waals surface area contributed by atoms with E-state index in [1.54, 1.807) is 0 Å². The Morgan fingerprint density at radius 3 is 2.50 bits per heavy atom. The monoisotopic (exact) mass is 412 g/mol. The van der Waals surface area contributed by atoms with Gasteiger partial charge in [-0.25, -0.2) is 0 Å². The average molecular weight is 413 g/mol. The van der Waals surface area contributed by atoms with Gasteiger partial charge in [0.15, 0.2) is 0 Å². The summed E-state index contributed by atoms with van der Waals surface area (Å²) in [5, 5.41) is 6.09. The summed E-state index contributed by atoms with van der Waals surface area (Å²) in [6.45, 7) is 6.93. The summed E-state index contributed by atoms with van der Waals surface area (Å²) in [7, 11) is 0. The Balaban J connectivity index is 1.31. The highest BCUT2D eigenvalue weighted by atomic mass is 16.2. The number of hydrogen-bond donors (Lipinski definition) is 2. The van der Waals surface area contributed by atoms with Crippen molar-refractivity contribution in [3.8, 4) is 0 Å². The van der Waals surface area contributed by atoms with Gasteiger partial charge >= 0.3 is 0 Å². The van der Waals surface area contributed by atoms with Gasteiger partial charge in [0, 0.05) is 39.3 Å². The molecular formula is C24H36N4O2. The van der Waals surface area contributed by atoms with Crippen molar-refractivity contribution >= 4 is 11.8 Å². The number of rotatable bonds is 9. The fourth-order valence-corrected chi connectivity index (χ4v) is 4.16. The molecule has 1 saturated heterocycles. The van der Waals surface area contributed by atoms with E-state index in [9.17, 15) is 9.59 Å². The van der Waals surface area contributed by atoms with Gasteiger partial charge in [-0.2, -0.15) is 0 Å². The topological polar surface area (TPSA) is 64.7 Å². The zero-order chi connectivity index (χ0) is 21.2. The average Bonchev–Trinajstić information content (AvgIpc) is 2.79. The van der Waals surface area contributed by atoms with Gasteiger partial charge in [0.25, 0.3) is 0 Å². The fraction of sp³-hybridized carbons (Fsp3) is 0.583. The Kier molecular flexibility index (Phi) is 8.90. The quantitative estimate of drug-likeness (QED) is 0.611. The van der Waals surface area contributed by atoms with Gasteiger partial charge in [0.05, 0.1) is 12.6 Å². The fourth-order valence-electron chi connectivity index (χ4n) is 4.16. The molecular weight excluding hydrogens is 376 g/mol. The maximum atomic E-state index is 12.5. The minimum Gasteiger partial charge on any atom is -0.354 e. The summed E-state index contributed by atoms with van der Waals surface area (Å²) in [5.41, 5.74) is 2.60. The molecule has 1 fully saturated rings. The van der Waals surface area contributed by atoms with Gasteiger partial charge in [-0.05, 0) is 44.6 Å². The molecule has 0 aromatic heterocycles. The van der Waals surface area contributed by atoms with Gasteiger partial charge in [-0.3, -0.25) is 19.4 Å². The van der Waals surface area contributed by atoms with E-state index in [0.717, 1.165) is 44.7 Å². The van der Waals surface area contributed by atoms with Crippen LogP contribution >= 0.6 is 0 Å². The minimum absolute atomic E-state index is 0.0510. The lowest BCUT2D eigenvalue weighted by molar-refractivity contribution is -0.127. The van der Waals surface area contributed by atoms with Crippen molar-refractivity contribution < 1.29 is 9.59 Å². The maximum absolute atomic E-state index is 12.5. The zero-order valence-corrected chi connectivity index (χ0v) is 18.2. The molecule has 1 atom stereocenters. The number of carbonyl (C=O) groups is 2. The second-order valence-corrected chi connectivity index (χ2v) is 8.40. The van der Waals surface area contributed by atoms with E-state index >= 15 is 0 Å². The van der Waals surface area contributed by atoms with Crippen LogP contribution in [0.15, 0.2) is 42.0 Å². The first-order valence-electron chi connectivity index (χ1n) is 11.3. The standard InChI is InChI=1S/C24H36N4O2/c1-20(24(30)25-13-12-21-8-4-2-5-9-21)28-16-14-27(15-17-28)19-23(29)26-18-22-10-6-3-7-11-22/h3,6-8,10-11,20H,2,4-5,9,12-19H2,1H3,(H,25,30)(H,26,29). The SMILES string of the molecule is CC(C(=O)NCCC1=CCCCC1)N1CCN(CC(=O)NCc2ccccc2)CC1. The molecule has 2 aliphatic rings. The molecule has 1 unspecified atom stereocenters. The Labute approximate surface area is 180 Å². The van der Waals surface area contributed by atoms with E-state index in [-0.39, 0.29) is 17.9 Å². The molecule has 1 aromatic rings. The van der Waals surface area contributed by atoms with Gasteiger partial charge in [0.2, 0.25) is 11.8 Å². The Morgan fingerprint density at radius 1 is 1.03 bits per heavy atom. The summed E-state index contributed by atoms with van der Waals surface area (Å²) in [5.74, 6) is 0.163. The van der Waals surface area contributed by atoms with E-state index in [0.29, 0.717) is 13.1 Å². The highest BCUT2D eigenvalue weighted by Gasteiger charge is 2.26. The molecule has 30 heavy (non-hydrogen) atoms. The predicted molar refractivity (Wildman–Crippen MR) is 120 cm³/mol. The van der Waals surface area contributed by atoms with Crippen LogP contribution in [-0.4, -0.2) is 66.9 Å². The van der Waals surface area contributed by atoms with Gasteiger partial charge in [-0.15, -0.1) is 0 Å². The lowest BCUT2D eigenvalue weighted by Gasteiger charge is -2.37. The second kappa shape index (κ2) is 11.9. The van der Waals surface area contributed by atoms with Gasteiger partial charge in [-0.1, -0.05) is 42.0 Å². The van der Waals surface area contributed by atoms with E-state index in [1.807, 2.05) is 37.3 Å². The van der Waals surface area contributed by atoms with Crippen molar-refractivity contribution in [1.82, 2.24) is 20.4 Å². The van der Waals surface area contributed by atoms with Crippen molar-refractivity contribution in [2.24, 2.45) is 0 Å². The van der Waals surface area contributed by atoms with Crippen LogP contribution in [0.3, 0.4) is 0 Å². The molecule has 0 spiro atoms. The summed E-state index contributed by atoms with van der Waals surface area (Å²) < 4.78 is 0. The van der Waals surface area contributed by atoms with E-state index < -0.39 is 0 Å². The van der Waals surface area contributed by atoms with Gasteiger partial charge < -0.3 is 10.6 Å². The van der Waals surface area contributed by atoms with Crippen LogP contribution in [0.25, 0.3) is 0 Å². The highest BCUT2D eigenvalue weighted by Crippen LogP contribution is 2.19. The number of hydrogen-bond acceptors (Lipinski definition) is 4. The van der Waals surface area contributed by atoms with Crippen LogP contribution in [0.5, 0.6) is 0 Å². The lowest BCUT2D eigenvalue weighted by atomic mass is 9.97. The zero-order valence-electron chi connectivity index (χ0n) is 18.2. The number of allylic oxidation sites excluding steroid dienone is 1. The van der Waals surface area contributed by atoms with Crippen molar-refractivity contribution in [3.63, 3.8) is 0 Å². The van der Waals surface area contributed by atoms with Crippen LogP contribution in [0.1, 0.15) is 44.6 Å². The van der Waals surface area contributed by atoms with Crippen molar-refractivity contribution in [3.05, 3.63) is 47.5 Å². The number of amides is 2.